The quantitative estimate of drug-likeness (QED) is 0.133. The lowest BCUT2D eigenvalue weighted by atomic mass is 9.84. The molecular weight excluding hydrogens is 783 g/mol. The van der Waals surface area contributed by atoms with Gasteiger partial charge in [-0.3, -0.25) is 0 Å². The summed E-state index contributed by atoms with van der Waals surface area (Å²) in [4.78, 5) is 2.38. The molecule has 65 heavy (non-hydrogen) atoms. The Bertz CT molecular complexity index is 3370. The first-order valence-corrected chi connectivity index (χ1v) is 22.3. The van der Waals surface area contributed by atoms with Crippen LogP contribution in [0.3, 0.4) is 0 Å². The van der Waals surface area contributed by atoms with Crippen LogP contribution in [0.15, 0.2) is 273 Å². The molecule has 0 saturated heterocycles. The van der Waals surface area contributed by atoms with Crippen LogP contribution in [-0.2, 0) is 0 Å². The van der Waals surface area contributed by atoms with Gasteiger partial charge in [-0.1, -0.05) is 231 Å². The van der Waals surface area contributed by atoms with Gasteiger partial charge < -0.3 is 4.90 Å². The Balaban J connectivity index is 1.01. The summed E-state index contributed by atoms with van der Waals surface area (Å²) in [6.07, 6.45) is 0. The maximum Gasteiger partial charge on any atom is 0.0467 e. The normalized spacial score (nSPS) is 11.1. The number of fused-ring (bicyclic) bond motifs is 1. The molecule has 0 aliphatic heterocycles. The van der Waals surface area contributed by atoms with Gasteiger partial charge in [-0.05, 0) is 131 Å². The highest BCUT2D eigenvalue weighted by atomic mass is 15.1. The summed E-state index contributed by atoms with van der Waals surface area (Å²) in [5.74, 6) is 0. The number of hydrogen-bond acceptors (Lipinski definition) is 1. The molecule has 0 radical (unpaired) electrons. The van der Waals surface area contributed by atoms with Crippen molar-refractivity contribution in [1.29, 1.82) is 0 Å². The van der Waals surface area contributed by atoms with Gasteiger partial charge in [0.05, 0.1) is 0 Å². The predicted molar refractivity (Wildman–Crippen MR) is 277 cm³/mol. The van der Waals surface area contributed by atoms with Gasteiger partial charge in [0.25, 0.3) is 0 Å². The third-order valence-corrected chi connectivity index (χ3v) is 12.5. The van der Waals surface area contributed by atoms with E-state index in [1.54, 1.807) is 0 Å². The van der Waals surface area contributed by atoms with Crippen molar-refractivity contribution >= 4 is 27.8 Å². The summed E-state index contributed by atoms with van der Waals surface area (Å²) < 4.78 is 0. The molecule has 0 unspecified atom stereocenters. The zero-order valence-corrected chi connectivity index (χ0v) is 35.9. The Kier molecular flexibility index (Phi) is 10.7. The van der Waals surface area contributed by atoms with E-state index in [4.69, 9.17) is 0 Å². The minimum atomic E-state index is 1.08. The molecule has 0 aromatic heterocycles. The van der Waals surface area contributed by atoms with E-state index in [0.717, 1.165) is 22.6 Å². The van der Waals surface area contributed by atoms with Crippen molar-refractivity contribution in [2.75, 3.05) is 4.90 Å². The van der Waals surface area contributed by atoms with E-state index >= 15 is 0 Å². The Morgan fingerprint density at radius 3 is 1.15 bits per heavy atom. The maximum absolute atomic E-state index is 2.38. The van der Waals surface area contributed by atoms with Crippen LogP contribution in [0, 0.1) is 0 Å². The van der Waals surface area contributed by atoms with Crippen LogP contribution in [-0.4, -0.2) is 0 Å². The van der Waals surface area contributed by atoms with E-state index in [0.29, 0.717) is 0 Å². The molecule has 1 heteroatoms. The van der Waals surface area contributed by atoms with Crippen LogP contribution >= 0.6 is 0 Å². The van der Waals surface area contributed by atoms with E-state index in [-0.39, 0.29) is 0 Å². The topological polar surface area (TPSA) is 3.24 Å². The van der Waals surface area contributed by atoms with Crippen molar-refractivity contribution in [2.24, 2.45) is 0 Å². The molecule has 11 aromatic carbocycles. The second kappa shape index (κ2) is 17.7. The molecule has 0 spiro atoms. The Morgan fingerprint density at radius 2 is 0.554 bits per heavy atom. The van der Waals surface area contributed by atoms with Gasteiger partial charge >= 0.3 is 0 Å². The Morgan fingerprint density at radius 1 is 0.185 bits per heavy atom. The zero-order valence-electron chi connectivity index (χ0n) is 35.9. The number of rotatable bonds is 10. The minimum Gasteiger partial charge on any atom is -0.310 e. The average Bonchev–Trinajstić information content (AvgIpc) is 3.40. The molecular formula is C64H45N. The van der Waals surface area contributed by atoms with Gasteiger partial charge in [-0.2, -0.15) is 0 Å². The molecule has 0 atom stereocenters. The van der Waals surface area contributed by atoms with Gasteiger partial charge in [-0.15, -0.1) is 0 Å². The largest absolute Gasteiger partial charge is 0.310 e. The minimum absolute atomic E-state index is 1.08. The monoisotopic (exact) mass is 827 g/mol. The van der Waals surface area contributed by atoms with Crippen molar-refractivity contribution < 1.29 is 0 Å². The SMILES string of the molecule is c1ccc(-c2ccc(-c3ccc(N(c4ccc(-c5cccc(-c6ccccc6)c5-c5ccccc5-c5ccccc5)cc4)c4cccc(-c5ccc6ccccc6c5)c4)cc3)cc2)cc1. The molecule has 0 aliphatic carbocycles. The lowest BCUT2D eigenvalue weighted by molar-refractivity contribution is 1.28. The highest BCUT2D eigenvalue weighted by Crippen LogP contribution is 2.45. The lowest BCUT2D eigenvalue weighted by Crippen LogP contribution is -2.10. The van der Waals surface area contributed by atoms with Crippen LogP contribution < -0.4 is 4.90 Å². The van der Waals surface area contributed by atoms with Crippen LogP contribution in [0.25, 0.3) is 88.7 Å². The number of nitrogens with zero attached hydrogens (tertiary/aromatic N) is 1. The van der Waals surface area contributed by atoms with E-state index in [9.17, 15) is 0 Å². The molecule has 0 N–H and O–H groups in total. The summed E-state index contributed by atoms with van der Waals surface area (Å²) in [6, 6.07) is 98.8. The zero-order chi connectivity index (χ0) is 43.4. The summed E-state index contributed by atoms with van der Waals surface area (Å²) >= 11 is 0. The Hall–Kier alpha value is -8.52. The summed E-state index contributed by atoms with van der Waals surface area (Å²) in [5, 5.41) is 2.47. The third-order valence-electron chi connectivity index (χ3n) is 12.5. The summed E-state index contributed by atoms with van der Waals surface area (Å²) in [7, 11) is 0. The van der Waals surface area contributed by atoms with Gasteiger partial charge in [0.15, 0.2) is 0 Å². The molecule has 11 rings (SSSR count). The summed E-state index contributed by atoms with van der Waals surface area (Å²) in [5.41, 5.74) is 20.0. The second-order valence-corrected chi connectivity index (χ2v) is 16.5. The van der Waals surface area contributed by atoms with Gasteiger partial charge in [-0.25, -0.2) is 0 Å². The lowest BCUT2D eigenvalue weighted by Gasteiger charge is -2.27. The number of anilines is 3. The van der Waals surface area contributed by atoms with Crippen LogP contribution in [0.2, 0.25) is 0 Å². The molecule has 11 aromatic rings. The molecule has 1 nitrogen and oxygen atoms in total. The summed E-state index contributed by atoms with van der Waals surface area (Å²) in [6.45, 7) is 0. The van der Waals surface area contributed by atoms with E-state index in [2.05, 4.69) is 278 Å². The van der Waals surface area contributed by atoms with Gasteiger partial charge in [0.1, 0.15) is 0 Å². The van der Waals surface area contributed by atoms with E-state index in [1.165, 1.54) is 83.1 Å². The molecule has 0 bridgehead atoms. The molecule has 0 saturated carbocycles. The predicted octanol–water partition coefficient (Wildman–Crippen LogP) is 18.0. The van der Waals surface area contributed by atoms with Crippen molar-refractivity contribution in [1.82, 2.24) is 0 Å². The first-order chi connectivity index (χ1) is 32.2. The molecule has 0 aliphatic rings. The van der Waals surface area contributed by atoms with E-state index < -0.39 is 0 Å². The standard InChI is InChI=1S/C64H45N/c1-4-16-46(17-5-1)48-30-32-49(33-31-48)50-36-40-57(41-37-50)65(59-25-14-24-55(45-59)56-35-34-47-18-10-11-23-54(47)44-56)58-42-38-53(39-43-58)62-29-15-28-61(52-21-8-3-9-22-52)64(62)63-27-13-12-26-60(63)51-19-6-2-7-20-51/h1-45H. The first-order valence-electron chi connectivity index (χ1n) is 22.3. The number of hydrogen-bond donors (Lipinski definition) is 0. The van der Waals surface area contributed by atoms with Gasteiger partial charge in [0.2, 0.25) is 0 Å². The maximum atomic E-state index is 2.38. The van der Waals surface area contributed by atoms with Crippen molar-refractivity contribution in [3.05, 3.63) is 273 Å². The smallest absolute Gasteiger partial charge is 0.0467 e. The van der Waals surface area contributed by atoms with Gasteiger partial charge in [0, 0.05) is 17.1 Å². The fourth-order valence-electron chi connectivity index (χ4n) is 9.23. The highest BCUT2D eigenvalue weighted by Gasteiger charge is 2.19. The first kappa shape index (κ1) is 39.3. The molecule has 306 valence electrons. The van der Waals surface area contributed by atoms with Crippen molar-refractivity contribution in [2.45, 2.75) is 0 Å². The number of benzene rings is 11. The van der Waals surface area contributed by atoms with Crippen molar-refractivity contribution in [3.8, 4) is 77.9 Å². The van der Waals surface area contributed by atoms with Crippen molar-refractivity contribution in [3.63, 3.8) is 0 Å². The van der Waals surface area contributed by atoms with Crippen LogP contribution in [0.1, 0.15) is 0 Å². The fraction of sp³-hybridized carbons (Fsp3) is 0. The fourth-order valence-corrected chi connectivity index (χ4v) is 9.23. The van der Waals surface area contributed by atoms with Crippen LogP contribution in [0.5, 0.6) is 0 Å². The van der Waals surface area contributed by atoms with E-state index in [1.807, 2.05) is 0 Å². The third kappa shape index (κ3) is 8.04. The molecule has 0 fully saturated rings. The van der Waals surface area contributed by atoms with Crippen LogP contribution in [0.4, 0.5) is 17.1 Å². The average molecular weight is 828 g/mol. The molecule has 0 heterocycles. The highest BCUT2D eigenvalue weighted by molar-refractivity contribution is 6.00. The molecule has 0 amide bonds. The Labute approximate surface area is 381 Å². The second-order valence-electron chi connectivity index (χ2n) is 16.5.